The first-order valence-corrected chi connectivity index (χ1v) is 4.05. The molecule has 0 atom stereocenters. The van der Waals surface area contributed by atoms with Crippen molar-refractivity contribution in [3.63, 3.8) is 0 Å². The fourth-order valence-electron chi connectivity index (χ4n) is 0.691. The Morgan fingerprint density at radius 2 is 1.92 bits per heavy atom. The number of alkyl halides is 3. The maximum atomic E-state index is 11.5. The van der Waals surface area contributed by atoms with Crippen molar-refractivity contribution in [1.29, 1.82) is 0 Å². The van der Waals surface area contributed by atoms with Crippen molar-refractivity contribution in [2.75, 3.05) is 13.2 Å². The van der Waals surface area contributed by atoms with Crippen LogP contribution in [0.1, 0.15) is 26.2 Å². The molecule has 0 aliphatic heterocycles. The van der Waals surface area contributed by atoms with Crippen LogP contribution in [0.4, 0.5) is 13.2 Å². The van der Waals surface area contributed by atoms with Crippen LogP contribution in [0, 0.1) is 6.42 Å². The Hall–Kier alpha value is -0.250. The van der Waals surface area contributed by atoms with Gasteiger partial charge in [-0.2, -0.15) is 13.2 Å². The van der Waals surface area contributed by atoms with Gasteiger partial charge in [0.25, 0.3) is 0 Å². The number of hydrogen-bond acceptors (Lipinski definition) is 1. The Balaban J connectivity index is 3.01. The highest BCUT2D eigenvalue weighted by molar-refractivity contribution is 4.72. The molecule has 73 valence electrons. The molecular weight excluding hydrogens is 169 g/mol. The Morgan fingerprint density at radius 1 is 1.25 bits per heavy atom. The summed E-state index contributed by atoms with van der Waals surface area (Å²) in [5.41, 5.74) is 0. The van der Waals surface area contributed by atoms with Crippen LogP contribution in [-0.2, 0) is 4.74 Å². The molecule has 1 radical (unpaired) electrons. The van der Waals surface area contributed by atoms with Crippen molar-refractivity contribution in [2.45, 2.75) is 32.4 Å². The van der Waals surface area contributed by atoms with E-state index in [-0.39, 0.29) is 13.0 Å². The van der Waals surface area contributed by atoms with Gasteiger partial charge in [-0.15, -0.1) is 0 Å². The summed E-state index contributed by atoms with van der Waals surface area (Å²) in [5.74, 6) is 0. The quantitative estimate of drug-likeness (QED) is 0.575. The van der Waals surface area contributed by atoms with Crippen molar-refractivity contribution in [1.82, 2.24) is 0 Å². The first-order valence-electron chi connectivity index (χ1n) is 4.05. The third-order valence-electron chi connectivity index (χ3n) is 1.32. The predicted octanol–water partition coefficient (Wildman–Crippen LogP) is 2.96. The lowest BCUT2D eigenvalue weighted by Gasteiger charge is -2.05. The molecule has 0 bridgehead atoms. The highest BCUT2D eigenvalue weighted by Gasteiger charge is 2.26. The summed E-state index contributed by atoms with van der Waals surface area (Å²) in [6.07, 6.45) is -1.09. The summed E-state index contributed by atoms with van der Waals surface area (Å²) in [4.78, 5) is 0. The number of unbranched alkanes of at least 4 members (excludes halogenated alkanes) is 2. The number of ether oxygens (including phenoxy) is 1. The Labute approximate surface area is 70.9 Å². The second-order valence-electron chi connectivity index (χ2n) is 2.53. The molecule has 12 heavy (non-hydrogen) atoms. The van der Waals surface area contributed by atoms with Gasteiger partial charge in [0.15, 0.2) is 0 Å². The molecular formula is C8H14F3O. The van der Waals surface area contributed by atoms with E-state index >= 15 is 0 Å². The standard InChI is InChI=1S/C8H14F3O/c1-2-3-4-6-12-7-5-8(9,10)11/h5H,2-4,6-7H2,1H3. The van der Waals surface area contributed by atoms with E-state index in [1.165, 1.54) is 0 Å². The topological polar surface area (TPSA) is 9.23 Å². The Kier molecular flexibility index (Phi) is 6.16. The lowest BCUT2D eigenvalue weighted by molar-refractivity contribution is -0.105. The molecule has 0 heterocycles. The molecule has 0 saturated heterocycles. The lowest BCUT2D eigenvalue weighted by Crippen LogP contribution is -2.13. The molecule has 0 N–H and O–H groups in total. The van der Waals surface area contributed by atoms with Gasteiger partial charge >= 0.3 is 6.18 Å². The second kappa shape index (κ2) is 6.29. The van der Waals surface area contributed by atoms with Crippen LogP contribution in [0.2, 0.25) is 0 Å². The molecule has 0 fully saturated rings. The number of hydrogen-bond donors (Lipinski definition) is 0. The smallest absolute Gasteiger partial charge is 0.381 e. The van der Waals surface area contributed by atoms with Gasteiger partial charge in [0.2, 0.25) is 0 Å². The van der Waals surface area contributed by atoms with Crippen LogP contribution >= 0.6 is 0 Å². The molecule has 0 amide bonds. The zero-order valence-electron chi connectivity index (χ0n) is 7.16. The van der Waals surface area contributed by atoms with Crippen LogP contribution in [0.5, 0.6) is 0 Å². The zero-order valence-corrected chi connectivity index (χ0v) is 7.16. The van der Waals surface area contributed by atoms with Gasteiger partial charge in [-0.3, -0.25) is 0 Å². The van der Waals surface area contributed by atoms with Gasteiger partial charge in [0, 0.05) is 6.61 Å². The summed E-state index contributed by atoms with van der Waals surface area (Å²) in [6, 6.07) is 0. The molecule has 0 spiro atoms. The average Bonchev–Trinajstić information content (AvgIpc) is 1.94. The molecule has 0 unspecified atom stereocenters. The van der Waals surface area contributed by atoms with Crippen molar-refractivity contribution < 1.29 is 17.9 Å². The summed E-state index contributed by atoms with van der Waals surface area (Å²) >= 11 is 0. The monoisotopic (exact) mass is 183 g/mol. The van der Waals surface area contributed by atoms with E-state index in [0.717, 1.165) is 19.3 Å². The molecule has 0 aromatic carbocycles. The van der Waals surface area contributed by atoms with Crippen molar-refractivity contribution in [3.8, 4) is 0 Å². The van der Waals surface area contributed by atoms with Crippen LogP contribution in [-0.4, -0.2) is 19.4 Å². The van der Waals surface area contributed by atoms with E-state index in [2.05, 4.69) is 0 Å². The normalized spacial score (nSPS) is 12.0. The predicted molar refractivity (Wildman–Crippen MR) is 40.7 cm³/mol. The number of rotatable bonds is 6. The first kappa shape index (κ1) is 11.8. The molecule has 0 aliphatic rings. The number of halogens is 3. The van der Waals surface area contributed by atoms with Gasteiger partial charge in [0.1, 0.15) is 0 Å². The van der Waals surface area contributed by atoms with Crippen LogP contribution in [0.25, 0.3) is 0 Å². The SMILES string of the molecule is CCCCCOC[CH]C(F)(F)F. The maximum absolute atomic E-state index is 11.5. The van der Waals surface area contributed by atoms with Gasteiger partial charge in [-0.05, 0) is 6.42 Å². The molecule has 4 heteroatoms. The minimum atomic E-state index is -4.20. The minimum absolute atomic E-state index is 0.221. The van der Waals surface area contributed by atoms with E-state index in [0.29, 0.717) is 6.61 Å². The third-order valence-corrected chi connectivity index (χ3v) is 1.32. The van der Waals surface area contributed by atoms with Crippen molar-refractivity contribution in [2.24, 2.45) is 0 Å². The maximum Gasteiger partial charge on any atom is 0.394 e. The third kappa shape index (κ3) is 9.75. The molecule has 0 saturated carbocycles. The summed E-state index contributed by atoms with van der Waals surface area (Å²) in [7, 11) is 0. The van der Waals surface area contributed by atoms with Gasteiger partial charge in [0.05, 0.1) is 13.0 Å². The molecule has 1 nitrogen and oxygen atoms in total. The average molecular weight is 183 g/mol. The van der Waals surface area contributed by atoms with Crippen molar-refractivity contribution in [3.05, 3.63) is 6.42 Å². The van der Waals surface area contributed by atoms with E-state index in [9.17, 15) is 13.2 Å². The molecule has 0 aromatic rings. The molecule has 0 rings (SSSR count). The largest absolute Gasteiger partial charge is 0.394 e. The summed E-state index contributed by atoms with van der Waals surface area (Å²) in [6.45, 7) is 2.12. The van der Waals surface area contributed by atoms with E-state index in [4.69, 9.17) is 4.74 Å². The van der Waals surface area contributed by atoms with Gasteiger partial charge in [-0.25, -0.2) is 0 Å². The van der Waals surface area contributed by atoms with E-state index in [1.54, 1.807) is 0 Å². The molecule has 0 aliphatic carbocycles. The van der Waals surface area contributed by atoms with Crippen LogP contribution in [0.3, 0.4) is 0 Å². The molecule has 0 aromatic heterocycles. The lowest BCUT2D eigenvalue weighted by atomic mass is 10.3. The summed E-state index contributed by atoms with van der Waals surface area (Å²) < 4.78 is 39.2. The second-order valence-corrected chi connectivity index (χ2v) is 2.53. The highest BCUT2D eigenvalue weighted by atomic mass is 19.4. The van der Waals surface area contributed by atoms with Crippen LogP contribution in [0.15, 0.2) is 0 Å². The highest BCUT2D eigenvalue weighted by Crippen LogP contribution is 2.17. The van der Waals surface area contributed by atoms with Crippen LogP contribution < -0.4 is 0 Å². The minimum Gasteiger partial charge on any atom is -0.381 e. The van der Waals surface area contributed by atoms with E-state index in [1.807, 2.05) is 6.92 Å². The first-order chi connectivity index (χ1) is 5.56. The van der Waals surface area contributed by atoms with E-state index < -0.39 is 6.18 Å². The fraction of sp³-hybridized carbons (Fsp3) is 0.875. The Bertz CT molecular complexity index is 101. The van der Waals surface area contributed by atoms with Crippen molar-refractivity contribution >= 4 is 0 Å². The zero-order chi connectivity index (χ0) is 9.45. The fourth-order valence-corrected chi connectivity index (χ4v) is 0.691. The summed E-state index contributed by atoms with van der Waals surface area (Å²) in [5, 5.41) is 0. The van der Waals surface area contributed by atoms with Gasteiger partial charge < -0.3 is 4.74 Å². The van der Waals surface area contributed by atoms with Gasteiger partial charge in [-0.1, -0.05) is 19.8 Å². The Morgan fingerprint density at radius 3 is 2.42 bits per heavy atom.